The maximum atomic E-state index is 5.87. The Morgan fingerprint density at radius 2 is 1.92 bits per heavy atom. The van der Waals surface area contributed by atoms with Crippen molar-refractivity contribution in [2.45, 2.75) is 51.6 Å². The van der Waals surface area contributed by atoms with Crippen LogP contribution in [0.2, 0.25) is 0 Å². The molecule has 0 radical (unpaired) electrons. The topological polar surface area (TPSA) is 60.6 Å². The molecule has 2 aromatic rings. The number of nitrogens with zero attached hydrogens (tertiary/aromatic N) is 3. The highest BCUT2D eigenvalue weighted by Gasteiger charge is 2.29. The normalized spacial score (nSPS) is 18.5. The Bertz CT molecular complexity index is 721. The summed E-state index contributed by atoms with van der Waals surface area (Å²) in [6.07, 6.45) is 2.26. The van der Waals surface area contributed by atoms with Crippen LogP contribution in [0.25, 0.3) is 0 Å². The predicted molar refractivity (Wildman–Crippen MR) is 94.9 cm³/mol. The van der Waals surface area contributed by atoms with Crippen molar-refractivity contribution in [3.8, 4) is 11.5 Å². The van der Waals surface area contributed by atoms with Gasteiger partial charge in [-0.1, -0.05) is 26.8 Å². The fourth-order valence-electron chi connectivity index (χ4n) is 3.25. The quantitative estimate of drug-likeness (QED) is 0.823. The molecule has 1 atom stereocenters. The SMILES string of the molecule is COc1ccc(C2CCCN2Cc2nnc(C(C)(C)C)o2)cc1OC. The number of hydrogen-bond donors (Lipinski definition) is 0. The van der Waals surface area contributed by atoms with Crippen molar-refractivity contribution in [3.05, 3.63) is 35.5 Å². The molecule has 0 amide bonds. The van der Waals surface area contributed by atoms with Crippen LogP contribution < -0.4 is 9.47 Å². The molecule has 1 unspecified atom stereocenters. The van der Waals surface area contributed by atoms with Crippen molar-refractivity contribution >= 4 is 0 Å². The molecule has 2 heterocycles. The average molecular weight is 345 g/mol. The first kappa shape index (κ1) is 17.7. The summed E-state index contributed by atoms with van der Waals surface area (Å²) in [7, 11) is 3.32. The van der Waals surface area contributed by atoms with E-state index in [1.165, 1.54) is 5.56 Å². The van der Waals surface area contributed by atoms with Crippen molar-refractivity contribution in [2.75, 3.05) is 20.8 Å². The number of ether oxygens (including phenoxy) is 2. The monoisotopic (exact) mass is 345 g/mol. The van der Waals surface area contributed by atoms with Gasteiger partial charge in [0.25, 0.3) is 0 Å². The Morgan fingerprint density at radius 1 is 1.16 bits per heavy atom. The molecule has 1 aliphatic rings. The third kappa shape index (κ3) is 3.79. The molecule has 0 saturated carbocycles. The highest BCUT2D eigenvalue weighted by molar-refractivity contribution is 5.44. The first-order valence-corrected chi connectivity index (χ1v) is 8.71. The van der Waals surface area contributed by atoms with E-state index in [9.17, 15) is 0 Å². The Labute approximate surface area is 149 Å². The van der Waals surface area contributed by atoms with Crippen LogP contribution in [-0.4, -0.2) is 35.9 Å². The first-order chi connectivity index (χ1) is 11.9. The van der Waals surface area contributed by atoms with E-state index in [1.807, 2.05) is 6.07 Å². The van der Waals surface area contributed by atoms with Crippen LogP contribution in [0.5, 0.6) is 11.5 Å². The number of aromatic nitrogens is 2. The zero-order valence-electron chi connectivity index (χ0n) is 15.7. The third-order valence-corrected chi connectivity index (χ3v) is 4.60. The molecule has 6 heteroatoms. The molecule has 1 fully saturated rings. The molecule has 3 rings (SSSR count). The van der Waals surface area contributed by atoms with Crippen molar-refractivity contribution in [1.29, 1.82) is 0 Å². The van der Waals surface area contributed by atoms with Crippen molar-refractivity contribution in [3.63, 3.8) is 0 Å². The second-order valence-electron chi connectivity index (χ2n) is 7.49. The zero-order valence-corrected chi connectivity index (χ0v) is 15.7. The summed E-state index contributed by atoms with van der Waals surface area (Å²) in [6.45, 7) is 7.92. The molecule has 0 spiro atoms. The van der Waals surface area contributed by atoms with Gasteiger partial charge >= 0.3 is 0 Å². The summed E-state index contributed by atoms with van der Waals surface area (Å²) >= 11 is 0. The molecular weight excluding hydrogens is 318 g/mol. The van der Waals surface area contributed by atoms with E-state index < -0.39 is 0 Å². The average Bonchev–Trinajstić information content (AvgIpc) is 3.23. The van der Waals surface area contributed by atoms with E-state index in [4.69, 9.17) is 13.9 Å². The number of rotatable bonds is 5. The molecule has 6 nitrogen and oxygen atoms in total. The minimum Gasteiger partial charge on any atom is -0.493 e. The standard InChI is InChI=1S/C19H27N3O3/c1-19(2,3)18-21-20-17(25-18)12-22-10-6-7-14(22)13-8-9-15(23-4)16(11-13)24-5/h8-9,11,14H,6-7,10,12H2,1-5H3. The second-order valence-corrected chi connectivity index (χ2v) is 7.49. The van der Waals surface area contributed by atoms with Gasteiger partial charge in [0.1, 0.15) is 0 Å². The Kier molecular flexibility index (Phi) is 4.99. The van der Waals surface area contributed by atoms with Gasteiger partial charge in [-0.05, 0) is 37.1 Å². The lowest BCUT2D eigenvalue weighted by Crippen LogP contribution is -2.23. The smallest absolute Gasteiger partial charge is 0.230 e. The van der Waals surface area contributed by atoms with Gasteiger partial charge in [0, 0.05) is 11.5 Å². The van der Waals surface area contributed by atoms with Gasteiger partial charge in [-0.2, -0.15) is 0 Å². The molecule has 1 aromatic carbocycles. The molecule has 0 N–H and O–H groups in total. The summed E-state index contributed by atoms with van der Waals surface area (Å²) < 4.78 is 16.7. The summed E-state index contributed by atoms with van der Waals surface area (Å²) in [6, 6.07) is 6.47. The van der Waals surface area contributed by atoms with E-state index in [0.717, 1.165) is 30.9 Å². The van der Waals surface area contributed by atoms with Gasteiger partial charge in [-0.25, -0.2) is 0 Å². The number of hydrogen-bond acceptors (Lipinski definition) is 6. The van der Waals surface area contributed by atoms with Crippen LogP contribution in [0.15, 0.2) is 22.6 Å². The minimum absolute atomic E-state index is 0.126. The van der Waals surface area contributed by atoms with Gasteiger partial charge in [-0.3, -0.25) is 4.90 Å². The fourth-order valence-corrected chi connectivity index (χ4v) is 3.25. The molecular formula is C19H27N3O3. The highest BCUT2D eigenvalue weighted by Crippen LogP contribution is 2.37. The lowest BCUT2D eigenvalue weighted by atomic mass is 9.97. The van der Waals surface area contributed by atoms with E-state index >= 15 is 0 Å². The lowest BCUT2D eigenvalue weighted by Gasteiger charge is -2.24. The van der Waals surface area contributed by atoms with E-state index in [0.29, 0.717) is 24.4 Å². The second kappa shape index (κ2) is 7.04. The number of benzene rings is 1. The van der Waals surface area contributed by atoms with Crippen LogP contribution in [0, 0.1) is 0 Å². The molecule has 1 saturated heterocycles. The summed E-state index contributed by atoms with van der Waals surface area (Å²) in [5.41, 5.74) is 1.10. The van der Waals surface area contributed by atoms with Gasteiger partial charge in [0.2, 0.25) is 11.8 Å². The number of methoxy groups -OCH3 is 2. The highest BCUT2D eigenvalue weighted by atomic mass is 16.5. The number of likely N-dealkylation sites (tertiary alicyclic amines) is 1. The van der Waals surface area contributed by atoms with Crippen LogP contribution in [-0.2, 0) is 12.0 Å². The van der Waals surface area contributed by atoms with E-state index in [1.54, 1.807) is 14.2 Å². The maximum absolute atomic E-state index is 5.87. The molecule has 0 aliphatic carbocycles. The lowest BCUT2D eigenvalue weighted by molar-refractivity contribution is 0.217. The predicted octanol–water partition coefficient (Wildman–Crippen LogP) is 3.72. The summed E-state index contributed by atoms with van der Waals surface area (Å²) in [5, 5.41) is 8.43. The van der Waals surface area contributed by atoms with E-state index in [-0.39, 0.29) is 5.41 Å². The zero-order chi connectivity index (χ0) is 18.0. The van der Waals surface area contributed by atoms with Gasteiger partial charge < -0.3 is 13.9 Å². The Balaban J connectivity index is 1.78. The molecule has 0 bridgehead atoms. The van der Waals surface area contributed by atoms with Gasteiger partial charge in [0.15, 0.2) is 11.5 Å². The van der Waals surface area contributed by atoms with Gasteiger partial charge in [-0.15, -0.1) is 10.2 Å². The summed E-state index contributed by atoms with van der Waals surface area (Å²) in [4.78, 5) is 2.39. The van der Waals surface area contributed by atoms with Crippen LogP contribution in [0.3, 0.4) is 0 Å². The summed E-state index contributed by atoms with van der Waals surface area (Å²) in [5.74, 6) is 2.88. The Hall–Kier alpha value is -2.08. The van der Waals surface area contributed by atoms with Gasteiger partial charge in [0.05, 0.1) is 20.8 Å². The third-order valence-electron chi connectivity index (χ3n) is 4.60. The van der Waals surface area contributed by atoms with Crippen LogP contribution >= 0.6 is 0 Å². The molecule has 1 aliphatic heterocycles. The molecule has 136 valence electrons. The maximum Gasteiger partial charge on any atom is 0.230 e. The molecule has 1 aromatic heterocycles. The van der Waals surface area contributed by atoms with Crippen molar-refractivity contribution in [1.82, 2.24) is 15.1 Å². The van der Waals surface area contributed by atoms with Crippen LogP contribution in [0.4, 0.5) is 0 Å². The fraction of sp³-hybridized carbons (Fsp3) is 0.579. The van der Waals surface area contributed by atoms with Crippen molar-refractivity contribution in [2.24, 2.45) is 0 Å². The van der Waals surface area contributed by atoms with E-state index in [2.05, 4.69) is 48.0 Å². The van der Waals surface area contributed by atoms with Crippen molar-refractivity contribution < 1.29 is 13.9 Å². The largest absolute Gasteiger partial charge is 0.493 e. The minimum atomic E-state index is -0.126. The molecule has 25 heavy (non-hydrogen) atoms. The first-order valence-electron chi connectivity index (χ1n) is 8.71. The van der Waals surface area contributed by atoms with Crippen LogP contribution in [0.1, 0.15) is 57.0 Å². The Morgan fingerprint density at radius 3 is 2.56 bits per heavy atom.